The monoisotopic (exact) mass is 370 g/mol. The van der Waals surface area contributed by atoms with E-state index in [-0.39, 0.29) is 12.4 Å². The Balaban J connectivity index is 1.43. The second-order valence-electron chi connectivity index (χ2n) is 6.39. The molecule has 28 heavy (non-hydrogen) atoms. The quantitative estimate of drug-likeness (QED) is 0.448. The summed E-state index contributed by atoms with van der Waals surface area (Å²) in [4.78, 5) is 16.6. The number of hydrogen-bond acceptors (Lipinski definition) is 5. The van der Waals surface area contributed by atoms with Gasteiger partial charge in [-0.25, -0.2) is 0 Å². The van der Waals surface area contributed by atoms with Crippen LogP contribution < -0.4 is 4.74 Å². The number of ether oxygens (including phenoxy) is 1. The molecule has 0 amide bonds. The van der Waals surface area contributed by atoms with Crippen LogP contribution >= 0.6 is 0 Å². The number of hydrogen-bond donors (Lipinski definition) is 0. The van der Waals surface area contributed by atoms with E-state index in [1.807, 2.05) is 61.5 Å². The lowest BCUT2D eigenvalue weighted by Crippen LogP contribution is -2.11. The summed E-state index contributed by atoms with van der Waals surface area (Å²) in [5, 5.41) is 4.05. The minimum absolute atomic E-state index is 0.0108. The second kappa shape index (κ2) is 7.88. The van der Waals surface area contributed by atoms with Crippen molar-refractivity contribution in [1.29, 1.82) is 0 Å². The zero-order valence-electron chi connectivity index (χ0n) is 15.3. The van der Waals surface area contributed by atoms with Gasteiger partial charge in [0, 0.05) is 16.7 Å². The summed E-state index contributed by atoms with van der Waals surface area (Å²) in [5.41, 5.74) is 3.46. The van der Waals surface area contributed by atoms with Gasteiger partial charge in [0.15, 0.2) is 12.4 Å². The molecule has 0 bridgehead atoms. The van der Waals surface area contributed by atoms with E-state index in [4.69, 9.17) is 9.26 Å². The number of aromatic nitrogens is 2. The van der Waals surface area contributed by atoms with Gasteiger partial charge in [-0.15, -0.1) is 0 Å². The zero-order valence-corrected chi connectivity index (χ0v) is 15.3. The first-order chi connectivity index (χ1) is 13.7. The lowest BCUT2D eigenvalue weighted by molar-refractivity contribution is 0.0921. The fourth-order valence-corrected chi connectivity index (χ4v) is 2.79. The highest BCUT2D eigenvalue weighted by molar-refractivity contribution is 5.97. The van der Waals surface area contributed by atoms with Crippen LogP contribution in [0.1, 0.15) is 15.9 Å². The standard InChI is InChI=1S/C23H18N2O3/c1-16-6-5-9-19(14-16)23-24-22(25-28-23)18-10-12-20(13-11-18)27-15-21(26)17-7-3-2-4-8-17/h2-14H,15H2,1H3. The van der Waals surface area contributed by atoms with Gasteiger partial charge < -0.3 is 9.26 Å². The van der Waals surface area contributed by atoms with Crippen molar-refractivity contribution in [1.82, 2.24) is 10.1 Å². The van der Waals surface area contributed by atoms with Crippen LogP contribution in [0, 0.1) is 6.92 Å². The summed E-state index contributed by atoms with van der Waals surface area (Å²) in [5.74, 6) is 1.52. The molecule has 0 N–H and O–H groups in total. The van der Waals surface area contributed by atoms with Crippen molar-refractivity contribution in [2.75, 3.05) is 6.61 Å². The number of carbonyl (C=O) groups excluding carboxylic acids is 1. The van der Waals surface area contributed by atoms with Crippen LogP contribution in [0.2, 0.25) is 0 Å². The third-order valence-electron chi connectivity index (χ3n) is 4.27. The molecule has 0 aliphatic rings. The van der Waals surface area contributed by atoms with Gasteiger partial charge in [-0.1, -0.05) is 53.2 Å². The van der Waals surface area contributed by atoms with Crippen molar-refractivity contribution in [2.24, 2.45) is 0 Å². The van der Waals surface area contributed by atoms with Crippen molar-refractivity contribution in [3.63, 3.8) is 0 Å². The molecule has 0 aliphatic carbocycles. The molecule has 1 aromatic heterocycles. The topological polar surface area (TPSA) is 65.2 Å². The van der Waals surface area contributed by atoms with Gasteiger partial charge in [-0.05, 0) is 43.3 Å². The van der Waals surface area contributed by atoms with Crippen molar-refractivity contribution < 1.29 is 14.1 Å². The average Bonchev–Trinajstić information content (AvgIpc) is 3.23. The van der Waals surface area contributed by atoms with Gasteiger partial charge in [0.2, 0.25) is 5.82 Å². The number of rotatable bonds is 6. The third kappa shape index (κ3) is 3.99. The molecular weight excluding hydrogens is 352 g/mol. The normalized spacial score (nSPS) is 10.6. The first kappa shape index (κ1) is 17.7. The van der Waals surface area contributed by atoms with Gasteiger partial charge in [-0.2, -0.15) is 4.98 Å². The van der Waals surface area contributed by atoms with Crippen molar-refractivity contribution in [3.05, 3.63) is 90.0 Å². The number of nitrogens with zero attached hydrogens (tertiary/aromatic N) is 2. The molecule has 3 aromatic carbocycles. The third-order valence-corrected chi connectivity index (χ3v) is 4.27. The lowest BCUT2D eigenvalue weighted by atomic mass is 10.1. The van der Waals surface area contributed by atoms with Gasteiger partial charge >= 0.3 is 0 Å². The molecule has 0 atom stereocenters. The fourth-order valence-electron chi connectivity index (χ4n) is 2.79. The predicted molar refractivity (Wildman–Crippen MR) is 106 cm³/mol. The highest BCUT2D eigenvalue weighted by Crippen LogP contribution is 2.24. The number of ketones is 1. The van der Waals surface area contributed by atoms with Crippen molar-refractivity contribution in [3.8, 4) is 28.6 Å². The van der Waals surface area contributed by atoms with Crippen LogP contribution in [0.3, 0.4) is 0 Å². The predicted octanol–water partition coefficient (Wildman–Crippen LogP) is 4.97. The molecule has 0 spiro atoms. The first-order valence-corrected chi connectivity index (χ1v) is 8.91. The van der Waals surface area contributed by atoms with Crippen LogP contribution in [0.15, 0.2) is 83.4 Å². The van der Waals surface area contributed by atoms with E-state index >= 15 is 0 Å². The summed E-state index contributed by atoms with van der Waals surface area (Å²) < 4.78 is 11.0. The summed E-state index contributed by atoms with van der Waals surface area (Å²) in [6.07, 6.45) is 0. The average molecular weight is 370 g/mol. The van der Waals surface area contributed by atoms with Crippen LogP contribution in [-0.4, -0.2) is 22.5 Å². The van der Waals surface area contributed by atoms with E-state index in [1.165, 1.54) is 0 Å². The summed E-state index contributed by atoms with van der Waals surface area (Å²) >= 11 is 0. The number of Topliss-reactive ketones (excluding diaryl/α,β-unsaturated/α-hetero) is 1. The first-order valence-electron chi connectivity index (χ1n) is 8.91. The molecule has 0 unspecified atom stereocenters. The van der Waals surface area contributed by atoms with Gasteiger partial charge in [0.05, 0.1) is 0 Å². The minimum atomic E-state index is -0.0642. The van der Waals surface area contributed by atoms with Gasteiger partial charge in [-0.3, -0.25) is 4.79 Å². The number of carbonyl (C=O) groups is 1. The SMILES string of the molecule is Cc1cccc(-c2nc(-c3ccc(OCC(=O)c4ccccc4)cc3)no2)c1. The highest BCUT2D eigenvalue weighted by atomic mass is 16.5. The van der Waals surface area contributed by atoms with Gasteiger partial charge in [0.1, 0.15) is 5.75 Å². The second-order valence-corrected chi connectivity index (χ2v) is 6.39. The smallest absolute Gasteiger partial charge is 0.258 e. The van der Waals surface area contributed by atoms with Crippen LogP contribution in [0.25, 0.3) is 22.8 Å². The highest BCUT2D eigenvalue weighted by Gasteiger charge is 2.11. The molecule has 0 saturated carbocycles. The van der Waals surface area contributed by atoms with Gasteiger partial charge in [0.25, 0.3) is 5.89 Å². The summed E-state index contributed by atoms with van der Waals surface area (Å²) in [7, 11) is 0. The molecule has 0 aliphatic heterocycles. The lowest BCUT2D eigenvalue weighted by Gasteiger charge is -2.06. The van der Waals surface area contributed by atoms with E-state index in [0.29, 0.717) is 23.0 Å². The largest absolute Gasteiger partial charge is 0.485 e. The van der Waals surface area contributed by atoms with Crippen LogP contribution in [-0.2, 0) is 0 Å². The molecule has 138 valence electrons. The molecule has 1 heterocycles. The Morgan fingerprint density at radius 3 is 2.46 bits per heavy atom. The Morgan fingerprint density at radius 2 is 1.71 bits per heavy atom. The Labute approximate surface area is 162 Å². The molecule has 0 fully saturated rings. The molecule has 5 heteroatoms. The molecule has 0 saturated heterocycles. The summed E-state index contributed by atoms with van der Waals surface area (Å²) in [6, 6.07) is 24.2. The molecule has 4 rings (SSSR count). The molecule has 0 radical (unpaired) electrons. The van der Waals surface area contributed by atoms with E-state index in [0.717, 1.165) is 16.7 Å². The van der Waals surface area contributed by atoms with Crippen LogP contribution in [0.4, 0.5) is 0 Å². The molecular formula is C23H18N2O3. The Hall–Kier alpha value is -3.73. The van der Waals surface area contributed by atoms with Crippen molar-refractivity contribution in [2.45, 2.75) is 6.92 Å². The summed E-state index contributed by atoms with van der Waals surface area (Å²) in [6.45, 7) is 2.01. The van der Waals surface area contributed by atoms with E-state index < -0.39 is 0 Å². The van der Waals surface area contributed by atoms with Crippen LogP contribution in [0.5, 0.6) is 5.75 Å². The Morgan fingerprint density at radius 1 is 0.929 bits per heavy atom. The minimum Gasteiger partial charge on any atom is -0.485 e. The maximum atomic E-state index is 12.1. The molecule has 4 aromatic rings. The Bertz CT molecular complexity index is 1090. The maximum Gasteiger partial charge on any atom is 0.258 e. The van der Waals surface area contributed by atoms with E-state index in [2.05, 4.69) is 10.1 Å². The van der Waals surface area contributed by atoms with E-state index in [1.54, 1.807) is 24.3 Å². The Kier molecular flexibility index (Phi) is 4.97. The number of aryl methyl sites for hydroxylation is 1. The number of benzene rings is 3. The maximum absolute atomic E-state index is 12.1. The van der Waals surface area contributed by atoms with Crippen molar-refractivity contribution >= 4 is 5.78 Å². The zero-order chi connectivity index (χ0) is 19.3. The van der Waals surface area contributed by atoms with E-state index in [9.17, 15) is 4.79 Å². The fraction of sp³-hybridized carbons (Fsp3) is 0.0870. The molecule has 5 nitrogen and oxygen atoms in total.